The molecule has 7 heteroatoms. The molecule has 130 valence electrons. The summed E-state index contributed by atoms with van der Waals surface area (Å²) in [5, 5.41) is 6.58. The van der Waals surface area contributed by atoms with Crippen LogP contribution in [0.1, 0.15) is 26.0 Å². The molecule has 2 rings (SSSR count). The molecule has 2 heterocycles. The first-order valence-corrected chi connectivity index (χ1v) is 8.26. The Labute approximate surface area is 137 Å². The van der Waals surface area contributed by atoms with E-state index in [-0.39, 0.29) is 11.9 Å². The molecule has 23 heavy (non-hydrogen) atoms. The fraction of sp³-hybridized carbons (Fsp3) is 0.750. The van der Waals surface area contributed by atoms with Crippen LogP contribution in [0.2, 0.25) is 0 Å². The van der Waals surface area contributed by atoms with Crippen molar-refractivity contribution in [3.8, 4) is 0 Å². The van der Waals surface area contributed by atoms with Crippen molar-refractivity contribution in [1.82, 2.24) is 15.0 Å². The van der Waals surface area contributed by atoms with Crippen molar-refractivity contribution in [3.05, 3.63) is 11.8 Å². The molecule has 0 spiro atoms. The summed E-state index contributed by atoms with van der Waals surface area (Å²) in [4.78, 5) is 17.1. The molecule has 0 aliphatic carbocycles. The Morgan fingerprint density at radius 3 is 2.96 bits per heavy atom. The summed E-state index contributed by atoms with van der Waals surface area (Å²) in [7, 11) is 1.73. The number of aromatic nitrogens is 1. The number of carbonyl (C=O) groups is 1. The fourth-order valence-electron chi connectivity index (χ4n) is 2.97. The average Bonchev–Trinajstić information content (AvgIpc) is 2.96. The number of nitrogens with one attached hydrogen (secondary N) is 1. The average molecular weight is 324 g/mol. The summed E-state index contributed by atoms with van der Waals surface area (Å²) in [5.41, 5.74) is 0.755. The maximum absolute atomic E-state index is 12.4. The van der Waals surface area contributed by atoms with Crippen LogP contribution < -0.4 is 5.32 Å². The second-order valence-electron chi connectivity index (χ2n) is 6.08. The van der Waals surface area contributed by atoms with E-state index in [1.165, 1.54) is 0 Å². The number of nitrogens with zero attached hydrogens (tertiary/aromatic N) is 3. The summed E-state index contributed by atoms with van der Waals surface area (Å²) < 4.78 is 10.2. The van der Waals surface area contributed by atoms with E-state index in [1.54, 1.807) is 13.2 Å². The first-order chi connectivity index (χ1) is 11.0. The van der Waals surface area contributed by atoms with Crippen LogP contribution in [0.3, 0.4) is 0 Å². The van der Waals surface area contributed by atoms with Crippen molar-refractivity contribution in [3.63, 3.8) is 0 Å². The minimum atomic E-state index is -0.195. The molecule has 1 fully saturated rings. The molecule has 0 unspecified atom stereocenters. The molecule has 2 atom stereocenters. The quantitative estimate of drug-likeness (QED) is 0.816. The van der Waals surface area contributed by atoms with Crippen molar-refractivity contribution in [2.24, 2.45) is 0 Å². The maximum Gasteiger partial charge on any atom is 0.243 e. The highest BCUT2D eigenvalue weighted by atomic mass is 16.5. The highest BCUT2D eigenvalue weighted by Crippen LogP contribution is 2.16. The van der Waals surface area contributed by atoms with E-state index in [0.29, 0.717) is 11.9 Å². The predicted molar refractivity (Wildman–Crippen MR) is 88.4 cm³/mol. The third-order valence-electron chi connectivity index (χ3n) is 4.49. The van der Waals surface area contributed by atoms with Gasteiger partial charge in [-0.15, -0.1) is 0 Å². The third kappa shape index (κ3) is 4.76. The van der Waals surface area contributed by atoms with E-state index in [9.17, 15) is 4.79 Å². The number of amides is 1. The van der Waals surface area contributed by atoms with Gasteiger partial charge in [-0.05, 0) is 20.3 Å². The number of aryl methyl sites for hydroxylation is 1. The van der Waals surface area contributed by atoms with Crippen LogP contribution in [0.4, 0.5) is 5.88 Å². The van der Waals surface area contributed by atoms with E-state index in [4.69, 9.17) is 9.26 Å². The molecule has 1 aromatic rings. The van der Waals surface area contributed by atoms with E-state index >= 15 is 0 Å². The van der Waals surface area contributed by atoms with Gasteiger partial charge in [0.15, 0.2) is 0 Å². The van der Waals surface area contributed by atoms with Gasteiger partial charge in [-0.1, -0.05) is 12.1 Å². The Morgan fingerprint density at radius 2 is 2.35 bits per heavy atom. The van der Waals surface area contributed by atoms with Gasteiger partial charge in [0, 0.05) is 45.4 Å². The molecule has 1 saturated heterocycles. The Bertz CT molecular complexity index is 505. The van der Waals surface area contributed by atoms with Crippen LogP contribution >= 0.6 is 0 Å². The van der Waals surface area contributed by atoms with Gasteiger partial charge in [0.1, 0.15) is 0 Å². The normalized spacial score (nSPS) is 21.3. The van der Waals surface area contributed by atoms with Gasteiger partial charge in [0.2, 0.25) is 11.8 Å². The first-order valence-electron chi connectivity index (χ1n) is 8.26. The SMILES string of the molecule is CC[C@@H]1CN([C@@H](C)C(=O)Nc2cc(C)no2)CCN1CCOC. The lowest BCUT2D eigenvalue weighted by molar-refractivity contribution is -0.122. The van der Waals surface area contributed by atoms with Gasteiger partial charge < -0.3 is 9.26 Å². The molecule has 1 aromatic heterocycles. The summed E-state index contributed by atoms with van der Waals surface area (Å²) in [6.45, 7) is 10.4. The number of anilines is 1. The molecule has 0 aromatic carbocycles. The Balaban J connectivity index is 1.89. The lowest BCUT2D eigenvalue weighted by Gasteiger charge is -2.43. The maximum atomic E-state index is 12.4. The molecule has 0 saturated carbocycles. The third-order valence-corrected chi connectivity index (χ3v) is 4.49. The van der Waals surface area contributed by atoms with Crippen LogP contribution in [0.25, 0.3) is 0 Å². The molecule has 1 amide bonds. The summed E-state index contributed by atoms with van der Waals surface area (Å²) in [6, 6.07) is 1.99. The number of piperazine rings is 1. The Kier molecular flexibility index (Phi) is 6.56. The van der Waals surface area contributed by atoms with Crippen molar-refractivity contribution in [2.45, 2.75) is 39.3 Å². The van der Waals surface area contributed by atoms with E-state index < -0.39 is 0 Å². The minimum Gasteiger partial charge on any atom is -0.383 e. The smallest absolute Gasteiger partial charge is 0.243 e. The second-order valence-corrected chi connectivity index (χ2v) is 6.08. The molecular formula is C16H28N4O3. The highest BCUT2D eigenvalue weighted by molar-refractivity contribution is 5.93. The molecule has 1 N–H and O–H groups in total. The van der Waals surface area contributed by atoms with E-state index in [2.05, 4.69) is 27.2 Å². The minimum absolute atomic E-state index is 0.0543. The summed E-state index contributed by atoms with van der Waals surface area (Å²) >= 11 is 0. The Morgan fingerprint density at radius 1 is 1.57 bits per heavy atom. The van der Waals surface area contributed by atoms with E-state index in [1.807, 2.05) is 13.8 Å². The van der Waals surface area contributed by atoms with Gasteiger partial charge in [0.25, 0.3) is 0 Å². The van der Waals surface area contributed by atoms with Crippen molar-refractivity contribution >= 4 is 11.8 Å². The van der Waals surface area contributed by atoms with Crippen LogP contribution in [0, 0.1) is 6.92 Å². The molecule has 1 aliphatic heterocycles. The lowest BCUT2D eigenvalue weighted by atomic mass is 10.1. The molecule has 7 nitrogen and oxygen atoms in total. The number of rotatable bonds is 7. The molecule has 0 bridgehead atoms. The summed E-state index contributed by atoms with van der Waals surface area (Å²) in [6.07, 6.45) is 1.07. The zero-order chi connectivity index (χ0) is 16.8. The fourth-order valence-corrected chi connectivity index (χ4v) is 2.97. The zero-order valence-corrected chi connectivity index (χ0v) is 14.5. The van der Waals surface area contributed by atoms with Gasteiger partial charge >= 0.3 is 0 Å². The standard InChI is InChI=1S/C16H28N4O3/c1-5-14-11-20(7-6-19(14)8-9-22-4)13(3)16(21)17-15-10-12(2)18-23-15/h10,13-14H,5-9,11H2,1-4H3,(H,17,21)/t13-,14+/m0/s1. The van der Waals surface area contributed by atoms with Gasteiger partial charge in [-0.3, -0.25) is 19.9 Å². The number of ether oxygens (including phenoxy) is 1. The van der Waals surface area contributed by atoms with E-state index in [0.717, 1.165) is 44.9 Å². The number of carbonyl (C=O) groups excluding carboxylic acids is 1. The second kappa shape index (κ2) is 8.42. The van der Waals surface area contributed by atoms with Crippen molar-refractivity contribution in [1.29, 1.82) is 0 Å². The van der Waals surface area contributed by atoms with Crippen LogP contribution in [-0.4, -0.2) is 72.8 Å². The van der Waals surface area contributed by atoms with Gasteiger partial charge in [0.05, 0.1) is 18.3 Å². The predicted octanol–water partition coefficient (Wildman–Crippen LogP) is 1.35. The molecular weight excluding hydrogens is 296 g/mol. The molecule has 0 radical (unpaired) electrons. The van der Waals surface area contributed by atoms with Crippen LogP contribution in [-0.2, 0) is 9.53 Å². The van der Waals surface area contributed by atoms with Crippen LogP contribution in [0.5, 0.6) is 0 Å². The molecule has 1 aliphatic rings. The van der Waals surface area contributed by atoms with Gasteiger partial charge in [-0.2, -0.15) is 0 Å². The monoisotopic (exact) mass is 324 g/mol. The lowest BCUT2D eigenvalue weighted by Crippen LogP contribution is -2.57. The number of hydrogen-bond donors (Lipinski definition) is 1. The highest BCUT2D eigenvalue weighted by Gasteiger charge is 2.31. The topological polar surface area (TPSA) is 70.8 Å². The summed E-state index contributed by atoms with van der Waals surface area (Å²) in [5.74, 6) is 0.353. The van der Waals surface area contributed by atoms with Crippen molar-refractivity contribution in [2.75, 3.05) is 45.2 Å². The Hall–Kier alpha value is -1.44. The largest absolute Gasteiger partial charge is 0.383 e. The van der Waals surface area contributed by atoms with Crippen molar-refractivity contribution < 1.29 is 14.1 Å². The van der Waals surface area contributed by atoms with Crippen LogP contribution in [0.15, 0.2) is 10.6 Å². The first kappa shape index (κ1) is 17.9. The van der Waals surface area contributed by atoms with Gasteiger partial charge in [-0.25, -0.2) is 0 Å². The zero-order valence-electron chi connectivity index (χ0n) is 14.5. The number of hydrogen-bond acceptors (Lipinski definition) is 6. The number of methoxy groups -OCH3 is 1.